The maximum absolute atomic E-state index is 12.8. The summed E-state index contributed by atoms with van der Waals surface area (Å²) < 4.78 is 10.2. The molecule has 1 aliphatic heterocycles. The quantitative estimate of drug-likeness (QED) is 0.808. The minimum absolute atomic E-state index is 0.130. The van der Waals surface area contributed by atoms with Gasteiger partial charge in [0.15, 0.2) is 0 Å². The number of hydrogen-bond donors (Lipinski definition) is 1. The second-order valence-corrected chi connectivity index (χ2v) is 6.52. The van der Waals surface area contributed by atoms with Gasteiger partial charge in [0.2, 0.25) is 5.91 Å². The van der Waals surface area contributed by atoms with Crippen LogP contribution in [0, 0.1) is 0 Å². The van der Waals surface area contributed by atoms with Gasteiger partial charge in [0.25, 0.3) is 0 Å². The summed E-state index contributed by atoms with van der Waals surface area (Å²) in [5, 5.41) is 2.71. The summed E-state index contributed by atoms with van der Waals surface area (Å²) in [6, 6.07) is 16.1. The largest absolute Gasteiger partial charge is 0.465 e. The van der Waals surface area contributed by atoms with Gasteiger partial charge in [-0.05, 0) is 30.2 Å². The fourth-order valence-corrected chi connectivity index (χ4v) is 3.23. The number of methoxy groups -OCH3 is 1. The summed E-state index contributed by atoms with van der Waals surface area (Å²) in [7, 11) is 1.31. The molecule has 0 spiro atoms. The summed E-state index contributed by atoms with van der Waals surface area (Å²) >= 11 is 0. The highest BCUT2D eigenvalue weighted by Gasteiger charge is 2.32. The molecular formula is C22H21NO5. The van der Waals surface area contributed by atoms with Crippen molar-refractivity contribution < 1.29 is 23.9 Å². The Bertz CT molecular complexity index is 916. The number of ether oxygens (including phenoxy) is 2. The van der Waals surface area contributed by atoms with Gasteiger partial charge in [-0.3, -0.25) is 4.79 Å². The van der Waals surface area contributed by atoms with Crippen molar-refractivity contribution in [2.45, 2.75) is 25.9 Å². The van der Waals surface area contributed by atoms with Crippen molar-refractivity contribution >= 4 is 17.8 Å². The topological polar surface area (TPSA) is 81.7 Å². The van der Waals surface area contributed by atoms with Gasteiger partial charge in [-0.15, -0.1) is 0 Å². The van der Waals surface area contributed by atoms with E-state index in [4.69, 9.17) is 9.47 Å². The van der Waals surface area contributed by atoms with Crippen LogP contribution in [0.3, 0.4) is 0 Å². The fraction of sp³-hybridized carbons (Fsp3) is 0.227. The lowest BCUT2D eigenvalue weighted by Gasteiger charge is -2.26. The Labute approximate surface area is 163 Å². The minimum atomic E-state index is -0.469. The van der Waals surface area contributed by atoms with Crippen LogP contribution in [0.1, 0.15) is 40.7 Å². The van der Waals surface area contributed by atoms with E-state index in [9.17, 15) is 14.4 Å². The number of amides is 1. The highest BCUT2D eigenvalue weighted by Crippen LogP contribution is 2.33. The molecule has 0 saturated carbocycles. The molecule has 2 aromatic rings. The van der Waals surface area contributed by atoms with E-state index >= 15 is 0 Å². The van der Waals surface area contributed by atoms with Gasteiger partial charge in [-0.1, -0.05) is 42.5 Å². The molecule has 1 aliphatic rings. The number of carbonyl (C=O) groups excluding carboxylic acids is 3. The number of benzene rings is 2. The van der Waals surface area contributed by atoms with E-state index in [0.29, 0.717) is 16.8 Å². The zero-order valence-corrected chi connectivity index (χ0v) is 15.7. The Hall–Kier alpha value is -3.41. The van der Waals surface area contributed by atoms with Gasteiger partial charge < -0.3 is 14.8 Å². The summed E-state index contributed by atoms with van der Waals surface area (Å²) in [6.45, 7) is 1.84. The van der Waals surface area contributed by atoms with E-state index in [1.54, 1.807) is 31.2 Å². The zero-order valence-electron chi connectivity index (χ0n) is 15.7. The monoisotopic (exact) mass is 379 g/mol. The number of esters is 2. The Kier molecular flexibility index (Phi) is 5.89. The van der Waals surface area contributed by atoms with Crippen molar-refractivity contribution in [3.8, 4) is 0 Å². The summed E-state index contributed by atoms with van der Waals surface area (Å²) in [4.78, 5) is 36.5. The van der Waals surface area contributed by atoms with Crippen LogP contribution in [0.4, 0.5) is 0 Å². The van der Waals surface area contributed by atoms with Crippen LogP contribution in [0.25, 0.3) is 0 Å². The lowest BCUT2D eigenvalue weighted by molar-refractivity contribution is -0.141. The number of carbonyl (C=O) groups is 3. The molecule has 6 nitrogen and oxygen atoms in total. The summed E-state index contributed by atoms with van der Waals surface area (Å²) in [5.74, 6) is -1.52. The molecule has 1 heterocycles. The molecule has 0 bridgehead atoms. The third-order valence-electron chi connectivity index (χ3n) is 4.64. The van der Waals surface area contributed by atoms with Crippen molar-refractivity contribution in [2.24, 2.45) is 0 Å². The maximum atomic E-state index is 12.8. The first-order valence-electron chi connectivity index (χ1n) is 8.89. The second-order valence-electron chi connectivity index (χ2n) is 6.52. The van der Waals surface area contributed by atoms with Crippen LogP contribution in [-0.4, -0.2) is 25.0 Å². The van der Waals surface area contributed by atoms with E-state index in [1.165, 1.54) is 7.11 Å². The lowest BCUT2D eigenvalue weighted by atomic mass is 9.84. The summed E-state index contributed by atoms with van der Waals surface area (Å²) in [5.41, 5.74) is 2.94. The van der Waals surface area contributed by atoms with Crippen molar-refractivity contribution in [1.29, 1.82) is 0 Å². The van der Waals surface area contributed by atoms with E-state index < -0.39 is 17.9 Å². The van der Waals surface area contributed by atoms with Crippen molar-refractivity contribution in [3.63, 3.8) is 0 Å². The van der Waals surface area contributed by atoms with E-state index in [-0.39, 0.29) is 18.9 Å². The minimum Gasteiger partial charge on any atom is -0.465 e. The first-order valence-corrected chi connectivity index (χ1v) is 8.89. The average molecular weight is 379 g/mol. The van der Waals surface area contributed by atoms with Crippen molar-refractivity contribution in [1.82, 2.24) is 5.32 Å². The molecule has 1 N–H and O–H groups in total. The first-order chi connectivity index (χ1) is 13.5. The molecule has 0 unspecified atom stereocenters. The van der Waals surface area contributed by atoms with Crippen LogP contribution in [0.15, 0.2) is 65.9 Å². The highest BCUT2D eigenvalue weighted by molar-refractivity contribution is 5.96. The van der Waals surface area contributed by atoms with Gasteiger partial charge in [-0.25, -0.2) is 9.59 Å². The molecule has 1 atom stereocenters. The average Bonchev–Trinajstić information content (AvgIpc) is 2.71. The van der Waals surface area contributed by atoms with E-state index in [1.807, 2.05) is 30.3 Å². The first kappa shape index (κ1) is 19.4. The summed E-state index contributed by atoms with van der Waals surface area (Å²) in [6.07, 6.45) is 0.130. The molecule has 28 heavy (non-hydrogen) atoms. The molecule has 1 amide bonds. The van der Waals surface area contributed by atoms with Crippen molar-refractivity contribution in [2.75, 3.05) is 7.11 Å². The number of hydrogen-bond acceptors (Lipinski definition) is 5. The molecule has 6 heteroatoms. The predicted molar refractivity (Wildman–Crippen MR) is 102 cm³/mol. The normalized spacial score (nSPS) is 16.4. The zero-order chi connectivity index (χ0) is 20.1. The van der Waals surface area contributed by atoms with Crippen molar-refractivity contribution in [3.05, 3.63) is 82.6 Å². The molecule has 2 aromatic carbocycles. The predicted octanol–water partition coefficient (Wildman–Crippen LogP) is 3.09. The van der Waals surface area contributed by atoms with Gasteiger partial charge >= 0.3 is 11.9 Å². The third kappa shape index (κ3) is 4.28. The molecule has 3 rings (SSSR count). The van der Waals surface area contributed by atoms with Crippen LogP contribution in [0.2, 0.25) is 0 Å². The van der Waals surface area contributed by atoms with Gasteiger partial charge in [0.05, 0.1) is 18.2 Å². The van der Waals surface area contributed by atoms with Crippen LogP contribution in [-0.2, 0) is 25.7 Å². The Morgan fingerprint density at radius 2 is 1.71 bits per heavy atom. The SMILES string of the molecule is COC(=O)c1ccc([C@@H]2CC(=O)NC(C)=C2C(=O)OCc2ccccc2)cc1. The number of allylic oxidation sites excluding steroid dienone is 1. The molecule has 0 aliphatic carbocycles. The third-order valence-corrected chi connectivity index (χ3v) is 4.64. The van der Waals surface area contributed by atoms with Gasteiger partial charge in [0, 0.05) is 18.0 Å². The van der Waals surface area contributed by atoms with Gasteiger partial charge in [-0.2, -0.15) is 0 Å². The molecule has 0 aromatic heterocycles. The van der Waals surface area contributed by atoms with E-state index in [0.717, 1.165) is 11.1 Å². The van der Waals surface area contributed by atoms with Gasteiger partial charge in [0.1, 0.15) is 6.61 Å². The highest BCUT2D eigenvalue weighted by atomic mass is 16.5. The number of nitrogens with one attached hydrogen (secondary N) is 1. The Balaban J connectivity index is 1.84. The fourth-order valence-electron chi connectivity index (χ4n) is 3.23. The molecular weight excluding hydrogens is 358 g/mol. The van der Waals surface area contributed by atoms with Crippen LogP contribution < -0.4 is 5.32 Å². The molecule has 0 fully saturated rings. The van der Waals surface area contributed by atoms with Crippen LogP contribution >= 0.6 is 0 Å². The molecule has 144 valence electrons. The maximum Gasteiger partial charge on any atom is 0.337 e. The lowest BCUT2D eigenvalue weighted by Crippen LogP contribution is -2.34. The second kappa shape index (κ2) is 8.52. The van der Waals surface area contributed by atoms with Crippen LogP contribution in [0.5, 0.6) is 0 Å². The Morgan fingerprint density at radius 1 is 1.04 bits per heavy atom. The Morgan fingerprint density at radius 3 is 2.36 bits per heavy atom. The standard InChI is InChI=1S/C22H21NO5/c1-14-20(22(26)28-13-15-6-4-3-5-7-15)18(12-19(24)23-14)16-8-10-17(11-9-16)21(25)27-2/h3-11,18H,12-13H2,1-2H3,(H,23,24)/t18-/m0/s1. The van der Waals surface area contributed by atoms with E-state index in [2.05, 4.69) is 5.32 Å². The molecule has 0 saturated heterocycles. The smallest absolute Gasteiger partial charge is 0.337 e. The molecule has 0 radical (unpaired) electrons. The number of rotatable bonds is 5.